The Morgan fingerprint density at radius 3 is 2.23 bits per heavy atom. The summed E-state index contributed by atoms with van der Waals surface area (Å²) in [6.07, 6.45) is -2.68. The number of carboxylic acids is 1. The number of rotatable bonds is 6. The third kappa shape index (κ3) is 7.13. The average molecular weight is 196 g/mol. The molecule has 0 atom stereocenters. The Hall–Kier alpha value is -1.24. The van der Waals surface area contributed by atoms with E-state index in [0.717, 1.165) is 4.90 Å². The van der Waals surface area contributed by atoms with Crippen molar-refractivity contribution in [2.75, 3.05) is 19.6 Å². The lowest BCUT2D eigenvalue weighted by molar-refractivity contribution is -0.139. The van der Waals surface area contributed by atoms with E-state index in [-0.39, 0.29) is 0 Å². The molecule has 5 nitrogen and oxygen atoms in total. The molecule has 0 bridgehead atoms. The van der Waals surface area contributed by atoms with Gasteiger partial charge in [-0.3, -0.25) is 14.5 Å². The minimum absolute atomic E-state index is 0.476. The molecule has 0 spiro atoms. The van der Waals surface area contributed by atoms with Crippen LogP contribution in [0.1, 0.15) is 0 Å². The standard InChI is InChI=1S/C6H10F2N2O3/c7-4(8)1-10(2-5(9)11)3-6(12)13/h4H,1-3H2,(H2,9,11)(H,12,13). The van der Waals surface area contributed by atoms with Gasteiger partial charge in [-0.1, -0.05) is 0 Å². The molecule has 3 N–H and O–H groups in total. The van der Waals surface area contributed by atoms with Gasteiger partial charge >= 0.3 is 5.97 Å². The van der Waals surface area contributed by atoms with Crippen molar-refractivity contribution in [2.24, 2.45) is 5.73 Å². The van der Waals surface area contributed by atoms with Crippen LogP contribution in [0.25, 0.3) is 0 Å². The molecule has 0 aromatic heterocycles. The average Bonchev–Trinajstić information content (AvgIpc) is 1.80. The number of nitrogens with two attached hydrogens (primary N) is 1. The van der Waals surface area contributed by atoms with Gasteiger partial charge in [0.1, 0.15) is 0 Å². The second-order valence-corrected chi connectivity index (χ2v) is 2.42. The lowest BCUT2D eigenvalue weighted by Crippen LogP contribution is -2.40. The first-order valence-corrected chi connectivity index (χ1v) is 3.42. The first-order chi connectivity index (χ1) is 5.91. The first-order valence-electron chi connectivity index (χ1n) is 3.42. The largest absolute Gasteiger partial charge is 0.480 e. The van der Waals surface area contributed by atoms with Gasteiger partial charge in [0.05, 0.1) is 19.6 Å². The Kier molecular flexibility index (Phi) is 4.90. The van der Waals surface area contributed by atoms with Crippen LogP contribution in [0.3, 0.4) is 0 Å². The summed E-state index contributed by atoms with van der Waals surface area (Å²) < 4.78 is 23.6. The van der Waals surface area contributed by atoms with Gasteiger partial charge in [0.2, 0.25) is 5.91 Å². The summed E-state index contributed by atoms with van der Waals surface area (Å²) in [5, 5.41) is 8.27. The highest BCUT2D eigenvalue weighted by Crippen LogP contribution is 1.97. The monoisotopic (exact) mass is 196 g/mol. The fraction of sp³-hybridized carbons (Fsp3) is 0.667. The van der Waals surface area contributed by atoms with Gasteiger partial charge in [0.15, 0.2) is 0 Å². The molecule has 0 radical (unpaired) electrons. The van der Waals surface area contributed by atoms with Gasteiger partial charge in [-0.05, 0) is 0 Å². The third-order valence-electron chi connectivity index (χ3n) is 1.13. The van der Waals surface area contributed by atoms with Crippen molar-refractivity contribution in [3.63, 3.8) is 0 Å². The molecule has 0 aliphatic rings. The zero-order valence-corrected chi connectivity index (χ0v) is 6.74. The number of carbonyl (C=O) groups excluding carboxylic acids is 1. The molecule has 0 rings (SSSR count). The minimum atomic E-state index is -2.68. The molecule has 7 heteroatoms. The van der Waals surface area contributed by atoms with Gasteiger partial charge in [-0.25, -0.2) is 8.78 Å². The van der Waals surface area contributed by atoms with E-state index in [1.807, 2.05) is 0 Å². The van der Waals surface area contributed by atoms with Crippen molar-refractivity contribution < 1.29 is 23.5 Å². The van der Waals surface area contributed by atoms with E-state index in [2.05, 4.69) is 0 Å². The van der Waals surface area contributed by atoms with Crippen molar-refractivity contribution in [2.45, 2.75) is 6.43 Å². The van der Waals surface area contributed by atoms with Gasteiger partial charge in [-0.15, -0.1) is 0 Å². The fourth-order valence-electron chi connectivity index (χ4n) is 0.792. The van der Waals surface area contributed by atoms with Crippen molar-refractivity contribution in [1.82, 2.24) is 4.90 Å². The highest BCUT2D eigenvalue weighted by atomic mass is 19.3. The summed E-state index contributed by atoms with van der Waals surface area (Å²) in [6.45, 7) is -1.86. The zero-order chi connectivity index (χ0) is 10.4. The van der Waals surface area contributed by atoms with Gasteiger partial charge < -0.3 is 10.8 Å². The summed E-state index contributed by atoms with van der Waals surface area (Å²) in [5.74, 6) is -2.11. The summed E-state index contributed by atoms with van der Waals surface area (Å²) in [5.41, 5.74) is 4.73. The number of hydrogen-bond donors (Lipinski definition) is 2. The quantitative estimate of drug-likeness (QED) is 0.578. The number of carbonyl (C=O) groups is 2. The molecule has 0 fully saturated rings. The molecule has 0 unspecified atom stereocenters. The van der Waals surface area contributed by atoms with E-state index in [9.17, 15) is 18.4 Å². The Labute approximate surface area is 73.1 Å². The van der Waals surface area contributed by atoms with Crippen molar-refractivity contribution in [3.05, 3.63) is 0 Å². The maximum absolute atomic E-state index is 11.8. The van der Waals surface area contributed by atoms with Gasteiger partial charge in [0, 0.05) is 0 Å². The van der Waals surface area contributed by atoms with Crippen LogP contribution in [-0.4, -0.2) is 47.9 Å². The predicted molar refractivity (Wildman–Crippen MR) is 39.3 cm³/mol. The van der Waals surface area contributed by atoms with Crippen LogP contribution in [-0.2, 0) is 9.59 Å². The molecule has 0 saturated carbocycles. The summed E-state index contributed by atoms with van der Waals surface area (Å²) in [4.78, 5) is 21.2. The van der Waals surface area contributed by atoms with Crippen LogP contribution < -0.4 is 5.73 Å². The summed E-state index contributed by atoms with van der Waals surface area (Å²) in [7, 11) is 0. The van der Waals surface area contributed by atoms with E-state index < -0.39 is 37.9 Å². The molecular formula is C6H10F2N2O3. The van der Waals surface area contributed by atoms with E-state index >= 15 is 0 Å². The molecule has 76 valence electrons. The number of carboxylic acid groups (broad SMARTS) is 1. The SMILES string of the molecule is NC(=O)CN(CC(=O)O)CC(F)F. The smallest absolute Gasteiger partial charge is 0.317 e. The molecule has 0 aliphatic heterocycles. The number of hydrogen-bond acceptors (Lipinski definition) is 3. The Bertz CT molecular complexity index is 182. The molecule has 0 aromatic rings. The molecule has 1 amide bonds. The van der Waals surface area contributed by atoms with Crippen LogP contribution in [0.15, 0.2) is 0 Å². The summed E-state index contributed by atoms with van der Waals surface area (Å²) >= 11 is 0. The van der Waals surface area contributed by atoms with Gasteiger partial charge in [-0.2, -0.15) is 0 Å². The lowest BCUT2D eigenvalue weighted by Gasteiger charge is -2.17. The number of nitrogens with zero attached hydrogens (tertiary/aromatic N) is 1. The molecular weight excluding hydrogens is 186 g/mol. The van der Waals surface area contributed by atoms with Crippen LogP contribution in [0.2, 0.25) is 0 Å². The van der Waals surface area contributed by atoms with Crippen molar-refractivity contribution in [1.29, 1.82) is 0 Å². The zero-order valence-electron chi connectivity index (χ0n) is 6.74. The van der Waals surface area contributed by atoms with E-state index in [0.29, 0.717) is 0 Å². The third-order valence-corrected chi connectivity index (χ3v) is 1.13. The van der Waals surface area contributed by atoms with Crippen LogP contribution >= 0.6 is 0 Å². The molecule has 13 heavy (non-hydrogen) atoms. The number of primary amides is 1. The maximum atomic E-state index is 11.8. The Balaban J connectivity index is 4.02. The number of amides is 1. The number of halogens is 2. The normalized spacial score (nSPS) is 10.8. The van der Waals surface area contributed by atoms with Crippen LogP contribution in [0, 0.1) is 0 Å². The van der Waals surface area contributed by atoms with Gasteiger partial charge in [0.25, 0.3) is 6.43 Å². The van der Waals surface area contributed by atoms with E-state index in [1.54, 1.807) is 0 Å². The summed E-state index contributed by atoms with van der Waals surface area (Å²) in [6, 6.07) is 0. The second kappa shape index (κ2) is 5.41. The Morgan fingerprint density at radius 1 is 1.38 bits per heavy atom. The van der Waals surface area contributed by atoms with Crippen molar-refractivity contribution >= 4 is 11.9 Å². The highest BCUT2D eigenvalue weighted by Gasteiger charge is 2.16. The topological polar surface area (TPSA) is 83.6 Å². The number of alkyl halides is 2. The minimum Gasteiger partial charge on any atom is -0.480 e. The maximum Gasteiger partial charge on any atom is 0.317 e. The molecule has 0 saturated heterocycles. The van der Waals surface area contributed by atoms with Crippen LogP contribution in [0.5, 0.6) is 0 Å². The van der Waals surface area contributed by atoms with Crippen LogP contribution in [0.4, 0.5) is 8.78 Å². The van der Waals surface area contributed by atoms with E-state index in [4.69, 9.17) is 10.8 Å². The highest BCUT2D eigenvalue weighted by molar-refractivity contribution is 5.77. The molecule has 0 aliphatic carbocycles. The molecule has 0 heterocycles. The Morgan fingerprint density at radius 2 is 1.92 bits per heavy atom. The first kappa shape index (κ1) is 11.8. The molecule has 0 aromatic carbocycles. The fourth-order valence-corrected chi connectivity index (χ4v) is 0.792. The van der Waals surface area contributed by atoms with E-state index in [1.165, 1.54) is 0 Å². The number of aliphatic carboxylic acids is 1. The predicted octanol–water partition coefficient (Wildman–Crippen LogP) is -0.877. The lowest BCUT2D eigenvalue weighted by atomic mass is 10.4. The van der Waals surface area contributed by atoms with Crippen molar-refractivity contribution in [3.8, 4) is 0 Å². The second-order valence-electron chi connectivity index (χ2n) is 2.42.